The van der Waals surface area contributed by atoms with Gasteiger partial charge in [0.25, 0.3) is 0 Å². The first-order valence-electron chi connectivity index (χ1n) is 6.12. The van der Waals surface area contributed by atoms with Gasteiger partial charge in [0.1, 0.15) is 6.23 Å². The lowest BCUT2D eigenvalue weighted by Crippen LogP contribution is -2.51. The van der Waals surface area contributed by atoms with Crippen molar-refractivity contribution >= 4 is 0 Å². The van der Waals surface area contributed by atoms with E-state index in [1.54, 1.807) is 0 Å². The van der Waals surface area contributed by atoms with Gasteiger partial charge in [0.2, 0.25) is 0 Å². The quantitative estimate of drug-likeness (QED) is 0.700. The highest BCUT2D eigenvalue weighted by molar-refractivity contribution is 4.84. The Hall–Kier alpha value is -0.120. The molecule has 15 heavy (non-hydrogen) atoms. The van der Waals surface area contributed by atoms with Crippen molar-refractivity contribution in [1.29, 1.82) is 0 Å². The number of hydrogen-bond donors (Lipinski definition) is 2. The van der Waals surface area contributed by atoms with Gasteiger partial charge in [0.05, 0.1) is 0 Å². The SMILES string of the molecule is CCC(O)NC1CCN(C(C)(C)C)CC1. The Morgan fingerprint density at radius 2 is 1.87 bits per heavy atom. The Kier molecular flexibility index (Phi) is 4.56. The van der Waals surface area contributed by atoms with Crippen molar-refractivity contribution in [2.45, 2.75) is 64.8 Å². The van der Waals surface area contributed by atoms with E-state index in [2.05, 4.69) is 31.0 Å². The first kappa shape index (κ1) is 12.9. The molecule has 1 aliphatic rings. The summed E-state index contributed by atoms with van der Waals surface area (Å²) in [6.07, 6.45) is 2.76. The van der Waals surface area contributed by atoms with Crippen molar-refractivity contribution in [2.75, 3.05) is 13.1 Å². The maximum Gasteiger partial charge on any atom is 0.104 e. The molecule has 3 heteroatoms. The molecule has 0 aromatic rings. The highest BCUT2D eigenvalue weighted by Crippen LogP contribution is 2.20. The Balaban J connectivity index is 2.30. The van der Waals surface area contributed by atoms with Crippen LogP contribution < -0.4 is 5.32 Å². The molecule has 0 aromatic carbocycles. The molecule has 0 spiro atoms. The van der Waals surface area contributed by atoms with Gasteiger partial charge in [-0.15, -0.1) is 0 Å². The van der Waals surface area contributed by atoms with E-state index >= 15 is 0 Å². The summed E-state index contributed by atoms with van der Waals surface area (Å²) >= 11 is 0. The third-order valence-electron chi connectivity index (χ3n) is 3.26. The molecule has 2 N–H and O–H groups in total. The van der Waals surface area contributed by atoms with Crippen LogP contribution in [-0.4, -0.2) is 40.9 Å². The van der Waals surface area contributed by atoms with Gasteiger partial charge in [-0.25, -0.2) is 0 Å². The first-order valence-corrected chi connectivity index (χ1v) is 6.12. The zero-order valence-electron chi connectivity index (χ0n) is 10.6. The topological polar surface area (TPSA) is 35.5 Å². The molecule has 1 unspecified atom stereocenters. The third-order valence-corrected chi connectivity index (χ3v) is 3.26. The maximum absolute atomic E-state index is 9.51. The molecule has 0 radical (unpaired) electrons. The summed E-state index contributed by atoms with van der Waals surface area (Å²) in [5.41, 5.74) is 0.286. The van der Waals surface area contributed by atoms with Crippen molar-refractivity contribution in [3.8, 4) is 0 Å². The molecule has 1 fully saturated rings. The second kappa shape index (κ2) is 5.28. The van der Waals surface area contributed by atoms with Crippen LogP contribution in [0.15, 0.2) is 0 Å². The zero-order chi connectivity index (χ0) is 11.5. The summed E-state index contributed by atoms with van der Waals surface area (Å²) < 4.78 is 0. The largest absolute Gasteiger partial charge is 0.379 e. The monoisotopic (exact) mass is 214 g/mol. The first-order chi connectivity index (χ1) is 6.93. The molecule has 3 nitrogen and oxygen atoms in total. The summed E-state index contributed by atoms with van der Waals surface area (Å²) in [7, 11) is 0. The fraction of sp³-hybridized carbons (Fsp3) is 1.00. The Bertz CT molecular complexity index is 181. The van der Waals surface area contributed by atoms with Gasteiger partial charge in [0.15, 0.2) is 0 Å². The lowest BCUT2D eigenvalue weighted by Gasteiger charge is -2.41. The molecule has 0 amide bonds. The van der Waals surface area contributed by atoms with E-state index in [4.69, 9.17) is 0 Å². The average Bonchev–Trinajstić information content (AvgIpc) is 2.17. The van der Waals surface area contributed by atoms with Gasteiger partial charge < -0.3 is 5.11 Å². The van der Waals surface area contributed by atoms with E-state index < -0.39 is 0 Å². The number of likely N-dealkylation sites (tertiary alicyclic amines) is 1. The van der Waals surface area contributed by atoms with E-state index in [1.807, 2.05) is 6.92 Å². The number of piperidine rings is 1. The van der Waals surface area contributed by atoms with Gasteiger partial charge >= 0.3 is 0 Å². The fourth-order valence-electron chi connectivity index (χ4n) is 2.11. The molecule has 0 bridgehead atoms. The molecule has 0 aromatic heterocycles. The van der Waals surface area contributed by atoms with Crippen LogP contribution >= 0.6 is 0 Å². The number of nitrogens with one attached hydrogen (secondary N) is 1. The maximum atomic E-state index is 9.51. The van der Waals surface area contributed by atoms with E-state index in [-0.39, 0.29) is 11.8 Å². The Labute approximate surface area is 93.9 Å². The summed E-state index contributed by atoms with van der Waals surface area (Å²) in [5, 5.41) is 12.8. The van der Waals surface area contributed by atoms with Crippen LogP contribution in [0, 0.1) is 0 Å². The third kappa shape index (κ3) is 4.09. The minimum atomic E-state index is -0.323. The van der Waals surface area contributed by atoms with Crippen molar-refractivity contribution in [1.82, 2.24) is 10.2 Å². The molecule has 1 heterocycles. The van der Waals surface area contributed by atoms with Crippen LogP contribution in [-0.2, 0) is 0 Å². The van der Waals surface area contributed by atoms with Gasteiger partial charge in [-0.3, -0.25) is 10.2 Å². The predicted octanol–water partition coefficient (Wildman–Crippen LogP) is 1.57. The second-order valence-corrected chi connectivity index (χ2v) is 5.52. The van der Waals surface area contributed by atoms with E-state index in [1.165, 1.54) is 0 Å². The van der Waals surface area contributed by atoms with Crippen molar-refractivity contribution in [2.24, 2.45) is 0 Å². The van der Waals surface area contributed by atoms with Crippen molar-refractivity contribution < 1.29 is 5.11 Å². The molecule has 0 saturated carbocycles. The molecule has 1 saturated heterocycles. The van der Waals surface area contributed by atoms with Gasteiger partial charge in [-0.2, -0.15) is 0 Å². The second-order valence-electron chi connectivity index (χ2n) is 5.52. The minimum absolute atomic E-state index is 0.286. The van der Waals surface area contributed by atoms with Crippen LogP contribution in [0.25, 0.3) is 0 Å². The number of hydrogen-bond acceptors (Lipinski definition) is 3. The molecule has 1 rings (SSSR count). The van der Waals surface area contributed by atoms with E-state index in [0.29, 0.717) is 6.04 Å². The Morgan fingerprint density at radius 1 is 1.33 bits per heavy atom. The summed E-state index contributed by atoms with van der Waals surface area (Å²) in [5.74, 6) is 0. The van der Waals surface area contributed by atoms with E-state index in [9.17, 15) is 5.11 Å². The highest BCUT2D eigenvalue weighted by atomic mass is 16.3. The normalized spacial score (nSPS) is 23.0. The zero-order valence-corrected chi connectivity index (χ0v) is 10.6. The Morgan fingerprint density at radius 3 is 2.27 bits per heavy atom. The summed E-state index contributed by atoms with van der Waals surface area (Å²) in [4.78, 5) is 2.52. The lowest BCUT2D eigenvalue weighted by atomic mass is 9.98. The molecule has 1 atom stereocenters. The summed E-state index contributed by atoms with van der Waals surface area (Å²) in [6, 6.07) is 0.499. The molecular formula is C12H26N2O. The van der Waals surface area contributed by atoms with Crippen LogP contribution in [0.5, 0.6) is 0 Å². The molecule has 1 aliphatic heterocycles. The van der Waals surface area contributed by atoms with Crippen LogP contribution in [0.2, 0.25) is 0 Å². The number of aliphatic hydroxyl groups is 1. The van der Waals surface area contributed by atoms with Crippen molar-refractivity contribution in [3.63, 3.8) is 0 Å². The minimum Gasteiger partial charge on any atom is -0.379 e. The van der Waals surface area contributed by atoms with Crippen LogP contribution in [0.4, 0.5) is 0 Å². The molecule has 0 aliphatic carbocycles. The lowest BCUT2D eigenvalue weighted by molar-refractivity contribution is 0.0653. The number of aliphatic hydroxyl groups excluding tert-OH is 1. The fourth-order valence-corrected chi connectivity index (χ4v) is 2.11. The van der Waals surface area contributed by atoms with E-state index in [0.717, 1.165) is 32.4 Å². The standard InChI is InChI=1S/C12H26N2O/c1-5-11(15)13-10-6-8-14(9-7-10)12(2,3)4/h10-11,13,15H,5-9H2,1-4H3. The number of rotatable bonds is 3. The molecular weight excluding hydrogens is 188 g/mol. The highest BCUT2D eigenvalue weighted by Gasteiger charge is 2.27. The smallest absolute Gasteiger partial charge is 0.104 e. The van der Waals surface area contributed by atoms with Crippen LogP contribution in [0.3, 0.4) is 0 Å². The number of nitrogens with zero attached hydrogens (tertiary/aromatic N) is 1. The predicted molar refractivity (Wildman–Crippen MR) is 63.8 cm³/mol. The summed E-state index contributed by atoms with van der Waals surface area (Å²) in [6.45, 7) is 11.1. The van der Waals surface area contributed by atoms with Gasteiger partial charge in [0, 0.05) is 24.7 Å². The van der Waals surface area contributed by atoms with Gasteiger partial charge in [-0.05, 0) is 40.0 Å². The van der Waals surface area contributed by atoms with Gasteiger partial charge in [-0.1, -0.05) is 6.92 Å². The van der Waals surface area contributed by atoms with Crippen LogP contribution in [0.1, 0.15) is 47.0 Å². The average molecular weight is 214 g/mol. The molecule has 90 valence electrons. The van der Waals surface area contributed by atoms with Crippen molar-refractivity contribution in [3.05, 3.63) is 0 Å².